The predicted octanol–water partition coefficient (Wildman–Crippen LogP) is 2.86. The molecule has 1 heterocycles. The number of nitrogens with zero attached hydrogens (tertiary/aromatic N) is 3. The van der Waals surface area contributed by atoms with Crippen LogP contribution in [0.15, 0.2) is 5.18 Å². The van der Waals surface area contributed by atoms with E-state index in [2.05, 4.69) is 15.1 Å². The van der Waals surface area contributed by atoms with Crippen LogP contribution in [0.2, 0.25) is 5.15 Å². The van der Waals surface area contributed by atoms with Crippen molar-refractivity contribution in [2.75, 3.05) is 0 Å². The van der Waals surface area contributed by atoms with E-state index in [0.29, 0.717) is 0 Å². The number of aryl methyl sites for hydroxylation is 1. The number of nitroso groups, excluding NO2 is 1. The van der Waals surface area contributed by atoms with Crippen LogP contribution in [0, 0.1) is 11.8 Å². The van der Waals surface area contributed by atoms with Crippen LogP contribution in [-0.2, 0) is 6.18 Å². The van der Waals surface area contributed by atoms with Gasteiger partial charge in [-0.2, -0.15) is 13.2 Å². The van der Waals surface area contributed by atoms with Gasteiger partial charge < -0.3 is 0 Å². The molecule has 0 unspecified atom stereocenters. The van der Waals surface area contributed by atoms with Crippen LogP contribution >= 0.6 is 11.6 Å². The van der Waals surface area contributed by atoms with Crippen molar-refractivity contribution in [2.24, 2.45) is 5.18 Å². The monoisotopic (exact) mass is 225 g/mol. The normalized spacial score (nSPS) is 11.5. The van der Waals surface area contributed by atoms with Crippen LogP contribution in [0.5, 0.6) is 0 Å². The molecule has 4 nitrogen and oxygen atoms in total. The van der Waals surface area contributed by atoms with Gasteiger partial charge in [0.15, 0.2) is 10.8 Å². The van der Waals surface area contributed by atoms with Crippen LogP contribution in [-0.4, -0.2) is 9.97 Å². The SMILES string of the molecule is Cc1nc(C(F)(F)F)nc(Cl)c1N=O. The summed E-state index contributed by atoms with van der Waals surface area (Å²) < 4.78 is 36.3. The summed E-state index contributed by atoms with van der Waals surface area (Å²) in [6.07, 6.45) is -4.68. The molecule has 0 saturated heterocycles. The van der Waals surface area contributed by atoms with Crippen LogP contribution in [0.25, 0.3) is 0 Å². The summed E-state index contributed by atoms with van der Waals surface area (Å²) in [5.41, 5.74) is -0.577. The minimum absolute atomic E-state index is 0.202. The van der Waals surface area contributed by atoms with Crippen molar-refractivity contribution in [3.05, 3.63) is 21.6 Å². The summed E-state index contributed by atoms with van der Waals surface area (Å²) in [4.78, 5) is 16.1. The quantitative estimate of drug-likeness (QED) is 0.545. The van der Waals surface area contributed by atoms with Gasteiger partial charge in [-0.25, -0.2) is 9.97 Å². The lowest BCUT2D eigenvalue weighted by molar-refractivity contribution is -0.145. The fraction of sp³-hybridized carbons (Fsp3) is 0.333. The minimum atomic E-state index is -4.68. The van der Waals surface area contributed by atoms with E-state index in [4.69, 9.17) is 11.6 Å². The Morgan fingerprint density at radius 3 is 2.29 bits per heavy atom. The fourth-order valence-electron chi connectivity index (χ4n) is 0.763. The van der Waals surface area contributed by atoms with Crippen LogP contribution < -0.4 is 0 Å². The topological polar surface area (TPSA) is 55.2 Å². The summed E-state index contributed by atoms with van der Waals surface area (Å²) in [6.45, 7) is 1.19. The van der Waals surface area contributed by atoms with Crippen molar-refractivity contribution in [3.8, 4) is 0 Å². The molecule has 0 aromatic carbocycles. The Morgan fingerprint density at radius 1 is 1.36 bits per heavy atom. The molecular weight excluding hydrogens is 223 g/mol. The standard InChI is InChI=1S/C6H3ClF3N3O/c1-2-3(13-14)4(7)12-5(11-2)6(8,9)10/h1H3. The summed E-state index contributed by atoms with van der Waals surface area (Å²) >= 11 is 5.30. The molecule has 0 saturated carbocycles. The van der Waals surface area contributed by atoms with Gasteiger partial charge in [-0.3, -0.25) is 0 Å². The maximum Gasteiger partial charge on any atom is 0.451 e. The van der Waals surface area contributed by atoms with Gasteiger partial charge in [0.25, 0.3) is 0 Å². The van der Waals surface area contributed by atoms with E-state index in [1.165, 1.54) is 6.92 Å². The number of hydrogen-bond acceptors (Lipinski definition) is 4. The van der Waals surface area contributed by atoms with Gasteiger partial charge in [-0.1, -0.05) is 11.6 Å². The molecule has 1 rings (SSSR count). The summed E-state index contributed by atoms with van der Waals surface area (Å²) in [6, 6.07) is 0. The zero-order valence-electron chi connectivity index (χ0n) is 6.76. The van der Waals surface area contributed by atoms with Crippen LogP contribution in [0.1, 0.15) is 11.5 Å². The Hall–Kier alpha value is -1.24. The van der Waals surface area contributed by atoms with Gasteiger partial charge in [-0.05, 0) is 12.1 Å². The lowest BCUT2D eigenvalue weighted by Gasteiger charge is -2.06. The lowest BCUT2D eigenvalue weighted by atomic mass is 10.4. The summed E-state index contributed by atoms with van der Waals surface area (Å²) in [5, 5.41) is 1.82. The van der Waals surface area contributed by atoms with Crippen molar-refractivity contribution < 1.29 is 13.2 Å². The second-order valence-corrected chi connectivity index (χ2v) is 2.72. The molecule has 0 bridgehead atoms. The van der Waals surface area contributed by atoms with Gasteiger partial charge in [0.2, 0.25) is 5.82 Å². The van der Waals surface area contributed by atoms with Crippen molar-refractivity contribution in [1.82, 2.24) is 9.97 Å². The number of rotatable bonds is 1. The van der Waals surface area contributed by atoms with Gasteiger partial charge in [0, 0.05) is 0 Å². The lowest BCUT2D eigenvalue weighted by Crippen LogP contribution is -2.11. The Balaban J connectivity index is 3.35. The Morgan fingerprint density at radius 2 is 1.93 bits per heavy atom. The number of halogens is 4. The van der Waals surface area contributed by atoms with E-state index in [-0.39, 0.29) is 11.4 Å². The van der Waals surface area contributed by atoms with Gasteiger partial charge >= 0.3 is 6.18 Å². The molecule has 0 radical (unpaired) electrons. The Bertz CT molecular complexity index is 356. The molecule has 14 heavy (non-hydrogen) atoms. The van der Waals surface area contributed by atoms with E-state index in [1.807, 2.05) is 0 Å². The zero-order chi connectivity index (χ0) is 10.9. The maximum atomic E-state index is 12.1. The third-order valence-corrected chi connectivity index (χ3v) is 1.62. The van der Waals surface area contributed by atoms with Gasteiger partial charge in [0.05, 0.1) is 5.69 Å². The maximum absolute atomic E-state index is 12.1. The van der Waals surface area contributed by atoms with Crippen molar-refractivity contribution in [3.63, 3.8) is 0 Å². The minimum Gasteiger partial charge on any atom is -0.227 e. The third-order valence-electron chi connectivity index (χ3n) is 1.36. The molecule has 0 aliphatic carbocycles. The molecule has 1 aromatic rings. The molecule has 0 aliphatic rings. The smallest absolute Gasteiger partial charge is 0.227 e. The average molecular weight is 226 g/mol. The molecule has 0 atom stereocenters. The first-order valence-electron chi connectivity index (χ1n) is 3.31. The number of hydrogen-bond donors (Lipinski definition) is 0. The van der Waals surface area contributed by atoms with E-state index >= 15 is 0 Å². The summed E-state index contributed by atoms with van der Waals surface area (Å²) in [5.74, 6) is -1.38. The van der Waals surface area contributed by atoms with E-state index < -0.39 is 17.2 Å². The zero-order valence-corrected chi connectivity index (χ0v) is 7.52. The molecule has 1 aromatic heterocycles. The first-order valence-corrected chi connectivity index (χ1v) is 3.68. The van der Waals surface area contributed by atoms with Crippen LogP contribution in [0.3, 0.4) is 0 Å². The van der Waals surface area contributed by atoms with Gasteiger partial charge in [-0.15, -0.1) is 4.91 Å². The fourth-order valence-corrected chi connectivity index (χ4v) is 1.01. The second kappa shape index (κ2) is 3.49. The third kappa shape index (κ3) is 1.98. The van der Waals surface area contributed by atoms with E-state index in [1.54, 1.807) is 0 Å². The average Bonchev–Trinajstić information content (AvgIpc) is 2.01. The molecule has 76 valence electrons. The number of alkyl halides is 3. The molecular formula is C6H3ClF3N3O. The van der Waals surface area contributed by atoms with Crippen LogP contribution in [0.4, 0.5) is 18.9 Å². The molecule has 0 aliphatic heterocycles. The van der Waals surface area contributed by atoms with E-state index in [0.717, 1.165) is 0 Å². The molecule has 0 N–H and O–H groups in total. The first kappa shape index (κ1) is 10.8. The van der Waals surface area contributed by atoms with Gasteiger partial charge in [0.1, 0.15) is 0 Å². The Kier molecular flexibility index (Phi) is 2.70. The predicted molar refractivity (Wildman–Crippen MR) is 42.2 cm³/mol. The first-order chi connectivity index (χ1) is 6.36. The highest BCUT2D eigenvalue weighted by atomic mass is 35.5. The van der Waals surface area contributed by atoms with Crippen molar-refractivity contribution in [2.45, 2.75) is 13.1 Å². The van der Waals surface area contributed by atoms with Crippen molar-refractivity contribution >= 4 is 17.3 Å². The summed E-state index contributed by atoms with van der Waals surface area (Å²) in [7, 11) is 0. The van der Waals surface area contributed by atoms with E-state index in [9.17, 15) is 18.1 Å². The highest BCUT2D eigenvalue weighted by Gasteiger charge is 2.35. The molecule has 8 heteroatoms. The largest absolute Gasteiger partial charge is 0.451 e. The molecule has 0 amide bonds. The highest BCUT2D eigenvalue weighted by molar-refractivity contribution is 6.31. The molecule has 0 fully saturated rings. The van der Waals surface area contributed by atoms with Crippen molar-refractivity contribution in [1.29, 1.82) is 0 Å². The second-order valence-electron chi connectivity index (χ2n) is 2.36. The highest BCUT2D eigenvalue weighted by Crippen LogP contribution is 2.31. The Labute approximate surface area is 81.1 Å². The molecule has 0 spiro atoms. The number of aromatic nitrogens is 2.